The van der Waals surface area contributed by atoms with Gasteiger partial charge >= 0.3 is 0 Å². The second-order valence-electron chi connectivity index (χ2n) is 37.3. The molecule has 0 saturated heterocycles. The van der Waals surface area contributed by atoms with Crippen LogP contribution in [0.2, 0.25) is 0 Å². The first-order valence-corrected chi connectivity index (χ1v) is 46.0. The van der Waals surface area contributed by atoms with Crippen LogP contribution < -0.4 is 0 Å². The summed E-state index contributed by atoms with van der Waals surface area (Å²) in [4.78, 5) is 16.8. The Hall–Kier alpha value is -8.18. The molecule has 0 aromatic carbocycles. The van der Waals surface area contributed by atoms with Crippen molar-refractivity contribution in [3.63, 3.8) is 0 Å². The average Bonchev–Trinajstić information content (AvgIpc) is 1.67. The number of aromatic nitrogens is 22. The number of rotatable bonds is 17. The molecule has 0 unspecified atom stereocenters. The predicted molar refractivity (Wildman–Crippen MR) is 520 cm³/mol. The molecule has 0 aliphatic heterocycles. The van der Waals surface area contributed by atoms with Crippen molar-refractivity contribution >= 4 is 0 Å². The van der Waals surface area contributed by atoms with Gasteiger partial charge in [-0.2, -0.15) is 20.3 Å². The summed E-state index contributed by atoms with van der Waals surface area (Å²) in [5, 5.41) is 40.8. The van der Waals surface area contributed by atoms with E-state index in [1.165, 1.54) is 39.9 Å². The summed E-state index contributed by atoms with van der Waals surface area (Å²) in [5.41, 5.74) is 7.47. The van der Waals surface area contributed by atoms with Crippen LogP contribution in [0.15, 0.2) is 83.2 Å². The third-order valence-electron chi connectivity index (χ3n) is 16.4. The van der Waals surface area contributed by atoms with Crippen LogP contribution in [0.5, 0.6) is 0 Å². The quantitative estimate of drug-likeness (QED) is 0.0822. The highest BCUT2D eigenvalue weighted by Gasteiger charge is 2.18. The molecule has 0 saturated carbocycles. The maximum Gasteiger partial charge on any atom is 0.229 e. The Morgan fingerprint density at radius 2 is 0.762 bits per heavy atom. The van der Waals surface area contributed by atoms with Crippen molar-refractivity contribution in [3.8, 4) is 0 Å². The number of aryl methyl sites for hydroxylation is 3. The van der Waals surface area contributed by atoms with Gasteiger partial charge in [0.25, 0.3) is 0 Å². The Morgan fingerprint density at radius 1 is 0.352 bits per heavy atom. The van der Waals surface area contributed by atoms with Gasteiger partial charge in [-0.05, 0) is 163 Å². The molecule has 24 heteroatoms. The molecule has 10 aromatic rings. The Balaban J connectivity index is -0.000000408. The number of nitrogens with zero attached hydrogens (tertiary/aromatic N) is 22. The molecule has 0 fully saturated rings. The van der Waals surface area contributed by atoms with Crippen molar-refractivity contribution in [3.05, 3.63) is 155 Å². The van der Waals surface area contributed by atoms with Gasteiger partial charge in [0.2, 0.25) is 17.7 Å². The number of hydrogen-bond acceptors (Lipinski definition) is 16. The molecular formula is C98H188N22O2. The third kappa shape index (κ3) is 53.1. The Labute approximate surface area is 747 Å². The molecule has 10 rings (SSSR count). The van der Waals surface area contributed by atoms with Crippen LogP contribution in [-0.4, -0.2) is 108 Å². The third-order valence-corrected chi connectivity index (χ3v) is 16.4. The van der Waals surface area contributed by atoms with E-state index in [0.717, 1.165) is 58.7 Å². The SMILES string of the molecule is CC.CC.CC(C)C.CC(C)C.CC(C)C.CC(C)c1ccn(C(C)C)n1.CC(C)c1ccn(C(C)C)n1.CC(C)c1cn(C)c(C(C)C)n1.CC(C)c1nnc(C(C)C)n1C.CC(C)c1nnc(C(C)C)o1.CC(C)c1noc(C(C)C)n1.CC(C)n1ccnc1.CC(C)n1ccnn1.Cc1nccn1C(C)C.Cc1nn(C(C)C)c(C)c1C(C)C. The summed E-state index contributed by atoms with van der Waals surface area (Å²) >= 11 is 0. The molecule has 0 amide bonds. The van der Waals surface area contributed by atoms with E-state index in [-0.39, 0.29) is 0 Å². The van der Waals surface area contributed by atoms with Crippen LogP contribution in [0, 0.1) is 38.5 Å². The van der Waals surface area contributed by atoms with Gasteiger partial charge in [0.05, 0.1) is 35.3 Å². The highest BCUT2D eigenvalue weighted by Crippen LogP contribution is 2.26. The normalized spacial score (nSPS) is 10.8. The minimum atomic E-state index is 0.329. The molecule has 0 atom stereocenters. The van der Waals surface area contributed by atoms with Gasteiger partial charge in [-0.1, -0.05) is 253 Å². The zero-order valence-corrected chi connectivity index (χ0v) is 88.1. The summed E-state index contributed by atoms with van der Waals surface area (Å²) in [7, 11) is 4.10. The molecule has 24 nitrogen and oxygen atoms in total. The lowest BCUT2D eigenvalue weighted by Crippen LogP contribution is -2.05. The molecule has 702 valence electrons. The van der Waals surface area contributed by atoms with Crippen LogP contribution in [0.1, 0.15) is 508 Å². The maximum atomic E-state index is 5.38. The van der Waals surface area contributed by atoms with E-state index in [4.69, 9.17) is 8.94 Å². The second-order valence-corrected chi connectivity index (χ2v) is 37.3. The Bertz CT molecular complexity index is 3620. The summed E-state index contributed by atoms with van der Waals surface area (Å²) in [5.74, 6) is 14.8. The lowest BCUT2D eigenvalue weighted by molar-refractivity contribution is 0.359. The van der Waals surface area contributed by atoms with E-state index in [2.05, 4.69) is 389 Å². The standard InChI is InChI=1S/C11H20N2.C10H18N2.C9H17N3.2C9H16N2.2C8H14N2O.C7H12N2.C6H10N2.C5H9N3.3C4H10.2C2H6/c1-7(2)11-9(5)12-13(8(3)4)10(11)6;1-7(2)9-6-12(5)10(11-9)8(3)4;1-6(2)8-10-11-9(7(3)4)12(8)5;2*1-7(2)9-5-6-11(10-9)8(3)4;1-5(2)7-9-10-8(11-7)6(3)4;1-5(2)7-9-8(6(3)4)11-10-7;1-6(2)9-5-4-8-7(9)3;1-6(2)8-4-3-7-5-8;1-5(2)8-4-3-6-7-8;3*1-4(2)3;2*1-2/h7-8H,1-6H3;6-8H,1-5H3;6-7H,1-5H3;2*5-8H,1-4H3;2*5-6H,1-4H3;4-6H,1-3H3;3-6H,1-2H3;3-5H,1-2H3;3*4H,1-3H3;2*1-2H3. The van der Waals surface area contributed by atoms with Crippen LogP contribution >= 0.6 is 0 Å². The van der Waals surface area contributed by atoms with Gasteiger partial charge in [0.15, 0.2) is 5.82 Å². The molecule has 0 bridgehead atoms. The fourth-order valence-electron chi connectivity index (χ4n) is 10.0. The van der Waals surface area contributed by atoms with Crippen LogP contribution in [0.25, 0.3) is 0 Å². The van der Waals surface area contributed by atoms with Gasteiger partial charge in [-0.3, -0.25) is 18.7 Å². The van der Waals surface area contributed by atoms with Gasteiger partial charge in [0.1, 0.15) is 23.3 Å². The zero-order chi connectivity index (χ0) is 96.0. The molecule has 0 N–H and O–H groups in total. The summed E-state index contributed by atoms with van der Waals surface area (Å²) in [6, 6.07) is 7.09. The molecule has 122 heavy (non-hydrogen) atoms. The summed E-state index contributed by atoms with van der Waals surface area (Å²) in [6.45, 7) is 106. The molecule has 10 aromatic heterocycles. The van der Waals surface area contributed by atoms with Crippen molar-refractivity contribution in [2.75, 3.05) is 0 Å². The van der Waals surface area contributed by atoms with Crippen molar-refractivity contribution < 1.29 is 8.94 Å². The van der Waals surface area contributed by atoms with E-state index in [0.29, 0.717) is 101 Å². The van der Waals surface area contributed by atoms with E-state index in [1.807, 2.05) is 136 Å². The van der Waals surface area contributed by atoms with Crippen molar-refractivity contribution in [2.45, 2.75) is 448 Å². The topological polar surface area (TPSA) is 246 Å². The lowest BCUT2D eigenvalue weighted by atomic mass is 10.0. The monoisotopic (exact) mass is 1710 g/mol. The number of imidazole rings is 3. The van der Waals surface area contributed by atoms with Gasteiger partial charge < -0.3 is 27.2 Å². The molecular weight excluding hydrogens is 1520 g/mol. The minimum Gasteiger partial charge on any atom is -0.425 e. The molecule has 0 radical (unpaired) electrons. The first-order valence-electron chi connectivity index (χ1n) is 46.0. The second kappa shape index (κ2) is 66.3. The molecule has 0 spiro atoms. The smallest absolute Gasteiger partial charge is 0.229 e. The van der Waals surface area contributed by atoms with Gasteiger partial charge in [-0.15, -0.1) is 25.5 Å². The first-order chi connectivity index (χ1) is 56.5. The fraction of sp³-hybridized carbons (Fsp3) is 0.735. The largest absolute Gasteiger partial charge is 0.425 e. The van der Waals surface area contributed by atoms with Crippen molar-refractivity contribution in [2.24, 2.45) is 31.8 Å². The lowest BCUT2D eigenvalue weighted by Gasteiger charge is -2.09. The maximum absolute atomic E-state index is 5.38. The molecule has 0 aliphatic rings. The first kappa shape index (κ1) is 122. The zero-order valence-electron chi connectivity index (χ0n) is 88.1. The number of hydrogen-bond donors (Lipinski definition) is 0. The van der Waals surface area contributed by atoms with Crippen LogP contribution in [0.4, 0.5) is 0 Å². The van der Waals surface area contributed by atoms with Gasteiger partial charge in [-0.25, -0.2) is 15.0 Å². The molecule has 10 heterocycles. The van der Waals surface area contributed by atoms with Crippen LogP contribution in [-0.2, 0) is 14.1 Å². The Kier molecular flexibility index (Phi) is 66.5. The van der Waals surface area contributed by atoms with Crippen molar-refractivity contribution in [1.29, 1.82) is 0 Å². The molecule has 0 aliphatic carbocycles. The van der Waals surface area contributed by atoms with Crippen molar-refractivity contribution in [1.82, 2.24) is 108 Å². The summed E-state index contributed by atoms with van der Waals surface area (Å²) < 4.78 is 26.7. The van der Waals surface area contributed by atoms with E-state index < -0.39 is 0 Å². The fourth-order valence-corrected chi connectivity index (χ4v) is 10.0. The van der Waals surface area contributed by atoms with Crippen LogP contribution in [0.3, 0.4) is 0 Å². The average molecular weight is 1710 g/mol. The highest BCUT2D eigenvalue weighted by molar-refractivity contribution is 5.28. The Morgan fingerprint density at radius 3 is 0.943 bits per heavy atom. The highest BCUT2D eigenvalue weighted by atomic mass is 16.5. The van der Waals surface area contributed by atoms with Gasteiger partial charge in [0, 0.05) is 147 Å². The minimum absolute atomic E-state index is 0.329. The van der Waals surface area contributed by atoms with E-state index in [1.54, 1.807) is 17.1 Å². The van der Waals surface area contributed by atoms with E-state index >= 15 is 0 Å². The van der Waals surface area contributed by atoms with E-state index in [9.17, 15) is 0 Å². The summed E-state index contributed by atoms with van der Waals surface area (Å²) in [6.07, 6.45) is 19.1. The predicted octanol–water partition coefficient (Wildman–Crippen LogP) is 28.9.